The van der Waals surface area contributed by atoms with Gasteiger partial charge in [0.05, 0.1) is 15.7 Å². The fourth-order valence-corrected chi connectivity index (χ4v) is 3.15. The summed E-state index contributed by atoms with van der Waals surface area (Å²) in [6, 6.07) is 11.6. The lowest BCUT2D eigenvalue weighted by Crippen LogP contribution is -2.54. The summed E-state index contributed by atoms with van der Waals surface area (Å²) in [5.74, 6) is 1.74. The molecule has 0 unspecified atom stereocenters. The third-order valence-corrected chi connectivity index (χ3v) is 4.88. The topological polar surface area (TPSA) is 58.6 Å². The van der Waals surface area contributed by atoms with Crippen LogP contribution in [0.5, 0.6) is 5.75 Å². The fourth-order valence-electron chi connectivity index (χ4n) is 2.49. The molecule has 1 aliphatic heterocycles. The maximum Gasteiger partial charge on any atom is 0.270 e. The quantitative estimate of drug-likeness (QED) is 0.346. The van der Waals surface area contributed by atoms with Crippen LogP contribution in [0.3, 0.4) is 0 Å². The number of nitrogens with one attached hydrogen (secondary N) is 1. The highest BCUT2D eigenvalue weighted by molar-refractivity contribution is 7.80. The van der Waals surface area contributed by atoms with Gasteiger partial charge in [-0.1, -0.05) is 47.3 Å². The summed E-state index contributed by atoms with van der Waals surface area (Å²) < 4.78 is 5.30. The molecule has 1 saturated heterocycles. The number of nitrogens with zero attached hydrogens (tertiary/aromatic N) is 1. The summed E-state index contributed by atoms with van der Waals surface area (Å²) in [5.41, 5.74) is 0.812. The molecule has 0 spiro atoms. The molecule has 0 saturated carbocycles. The van der Waals surface area contributed by atoms with Gasteiger partial charge in [-0.15, -0.1) is 6.42 Å². The average molecular weight is 431 g/mol. The number of carbonyl (C=O) groups is 2. The SMILES string of the molecule is C#CCOc1ccc(/C=C2/C(=O)NC(=S)N(c3cccc(Cl)c3Cl)C2=O)cc1. The molecule has 0 atom stereocenters. The van der Waals surface area contributed by atoms with E-state index in [-0.39, 0.29) is 33.0 Å². The van der Waals surface area contributed by atoms with E-state index in [4.69, 9.17) is 46.6 Å². The number of rotatable bonds is 4. The lowest BCUT2D eigenvalue weighted by atomic mass is 10.1. The minimum absolute atomic E-state index is 0.0747. The van der Waals surface area contributed by atoms with Crippen molar-refractivity contribution in [1.82, 2.24) is 5.32 Å². The highest BCUT2D eigenvalue weighted by Crippen LogP contribution is 2.34. The number of amides is 2. The highest BCUT2D eigenvalue weighted by atomic mass is 35.5. The van der Waals surface area contributed by atoms with E-state index >= 15 is 0 Å². The summed E-state index contributed by atoms with van der Waals surface area (Å²) >= 11 is 17.4. The maximum atomic E-state index is 13.0. The van der Waals surface area contributed by atoms with Crippen molar-refractivity contribution in [2.24, 2.45) is 0 Å². The predicted octanol–water partition coefficient (Wildman–Crippen LogP) is 3.84. The van der Waals surface area contributed by atoms with Crippen LogP contribution in [0.1, 0.15) is 5.56 Å². The lowest BCUT2D eigenvalue weighted by molar-refractivity contribution is -0.122. The van der Waals surface area contributed by atoms with Gasteiger partial charge in [0.2, 0.25) is 0 Å². The van der Waals surface area contributed by atoms with Crippen LogP contribution in [-0.2, 0) is 9.59 Å². The Bertz CT molecular complexity index is 1040. The van der Waals surface area contributed by atoms with Gasteiger partial charge in [-0.3, -0.25) is 19.8 Å². The molecule has 0 radical (unpaired) electrons. The molecule has 0 aromatic heterocycles. The van der Waals surface area contributed by atoms with Crippen molar-refractivity contribution in [3.8, 4) is 18.1 Å². The minimum atomic E-state index is -0.606. The minimum Gasteiger partial charge on any atom is -0.481 e. The second-order valence-electron chi connectivity index (χ2n) is 5.59. The molecule has 2 aromatic rings. The second-order valence-corrected chi connectivity index (χ2v) is 6.76. The van der Waals surface area contributed by atoms with Gasteiger partial charge in [-0.2, -0.15) is 0 Å². The Morgan fingerprint density at radius 2 is 1.89 bits per heavy atom. The monoisotopic (exact) mass is 430 g/mol. The van der Waals surface area contributed by atoms with Gasteiger partial charge in [0.25, 0.3) is 11.8 Å². The van der Waals surface area contributed by atoms with E-state index in [9.17, 15) is 9.59 Å². The highest BCUT2D eigenvalue weighted by Gasteiger charge is 2.35. The maximum absolute atomic E-state index is 13.0. The lowest BCUT2D eigenvalue weighted by Gasteiger charge is -2.29. The van der Waals surface area contributed by atoms with E-state index in [0.29, 0.717) is 11.3 Å². The zero-order valence-electron chi connectivity index (χ0n) is 14.2. The van der Waals surface area contributed by atoms with Gasteiger partial charge in [-0.25, -0.2) is 0 Å². The van der Waals surface area contributed by atoms with E-state index in [1.165, 1.54) is 6.08 Å². The van der Waals surface area contributed by atoms with E-state index in [0.717, 1.165) is 4.90 Å². The van der Waals surface area contributed by atoms with Gasteiger partial charge in [0.15, 0.2) is 5.11 Å². The first-order chi connectivity index (χ1) is 13.4. The summed E-state index contributed by atoms with van der Waals surface area (Å²) in [7, 11) is 0. The molecular weight excluding hydrogens is 419 g/mol. The number of benzene rings is 2. The Morgan fingerprint density at radius 3 is 2.57 bits per heavy atom. The first kappa shape index (κ1) is 19.9. The first-order valence-corrected chi connectivity index (χ1v) is 9.10. The molecule has 140 valence electrons. The molecule has 0 bridgehead atoms. The number of halogens is 2. The van der Waals surface area contributed by atoms with Crippen molar-refractivity contribution in [3.05, 3.63) is 63.6 Å². The molecule has 2 aromatic carbocycles. The molecule has 5 nitrogen and oxygen atoms in total. The van der Waals surface area contributed by atoms with Crippen molar-refractivity contribution in [1.29, 1.82) is 0 Å². The Hall–Kier alpha value is -2.85. The van der Waals surface area contributed by atoms with Crippen LogP contribution in [0.25, 0.3) is 6.08 Å². The van der Waals surface area contributed by atoms with Gasteiger partial charge >= 0.3 is 0 Å². The van der Waals surface area contributed by atoms with Crippen LogP contribution < -0.4 is 15.0 Å². The van der Waals surface area contributed by atoms with Gasteiger partial charge < -0.3 is 4.74 Å². The number of hydrogen-bond donors (Lipinski definition) is 1. The van der Waals surface area contributed by atoms with Crippen LogP contribution in [0, 0.1) is 12.3 Å². The van der Waals surface area contributed by atoms with Crippen LogP contribution in [0.2, 0.25) is 10.0 Å². The second kappa shape index (κ2) is 8.44. The Kier molecular flexibility index (Phi) is 6.00. The van der Waals surface area contributed by atoms with Crippen molar-refractivity contribution in [2.75, 3.05) is 11.5 Å². The molecule has 2 amide bonds. The summed E-state index contributed by atoms with van der Waals surface area (Å²) in [6.07, 6.45) is 6.61. The number of thiocarbonyl (C=S) groups is 1. The largest absolute Gasteiger partial charge is 0.481 e. The number of carbonyl (C=O) groups excluding carboxylic acids is 2. The number of hydrogen-bond acceptors (Lipinski definition) is 4. The molecule has 0 aliphatic carbocycles. The molecule has 1 fully saturated rings. The number of anilines is 1. The summed E-state index contributed by atoms with van der Waals surface area (Å²) in [5, 5.41) is 2.84. The van der Waals surface area contributed by atoms with E-state index in [2.05, 4.69) is 11.2 Å². The molecule has 3 rings (SSSR count). The third kappa shape index (κ3) is 4.02. The van der Waals surface area contributed by atoms with Crippen LogP contribution in [0.4, 0.5) is 5.69 Å². The van der Waals surface area contributed by atoms with Crippen LogP contribution >= 0.6 is 35.4 Å². The summed E-state index contributed by atoms with van der Waals surface area (Å²) in [6.45, 7) is 0.147. The van der Waals surface area contributed by atoms with Crippen molar-refractivity contribution in [2.45, 2.75) is 0 Å². The molecule has 1 aliphatic rings. The Labute approximate surface area is 176 Å². The Balaban J connectivity index is 1.95. The van der Waals surface area contributed by atoms with E-state index in [1.54, 1.807) is 42.5 Å². The van der Waals surface area contributed by atoms with Gasteiger partial charge in [0, 0.05) is 0 Å². The number of terminal acetylenes is 1. The number of ether oxygens (including phenoxy) is 1. The normalized spacial score (nSPS) is 15.4. The smallest absolute Gasteiger partial charge is 0.270 e. The summed E-state index contributed by atoms with van der Waals surface area (Å²) in [4.78, 5) is 26.5. The zero-order chi connectivity index (χ0) is 20.3. The van der Waals surface area contributed by atoms with Crippen molar-refractivity contribution in [3.63, 3.8) is 0 Å². The first-order valence-electron chi connectivity index (χ1n) is 7.94. The zero-order valence-corrected chi connectivity index (χ0v) is 16.6. The van der Waals surface area contributed by atoms with Gasteiger partial charge in [-0.05, 0) is 48.1 Å². The van der Waals surface area contributed by atoms with Crippen molar-refractivity contribution < 1.29 is 14.3 Å². The molecule has 28 heavy (non-hydrogen) atoms. The fraction of sp³-hybridized carbons (Fsp3) is 0.0500. The van der Waals surface area contributed by atoms with E-state index in [1.807, 2.05) is 0 Å². The van der Waals surface area contributed by atoms with Gasteiger partial charge in [0.1, 0.15) is 17.9 Å². The average Bonchev–Trinajstić information content (AvgIpc) is 2.67. The predicted molar refractivity (Wildman–Crippen MR) is 113 cm³/mol. The van der Waals surface area contributed by atoms with Crippen LogP contribution in [-0.4, -0.2) is 23.5 Å². The molecular formula is C20H12Cl2N2O3S. The van der Waals surface area contributed by atoms with Crippen molar-refractivity contribution >= 4 is 64.1 Å². The Morgan fingerprint density at radius 1 is 1.18 bits per heavy atom. The standard InChI is InChI=1S/C20H12Cl2N2O3S/c1-2-10-27-13-8-6-12(7-9-13)11-14-18(25)23-20(28)24(19(14)26)16-5-3-4-15(21)17(16)22/h1,3-9,11H,10H2,(H,23,25,28)/b14-11-. The van der Waals surface area contributed by atoms with E-state index < -0.39 is 11.8 Å². The molecule has 1 N–H and O–H groups in total. The molecule has 8 heteroatoms. The van der Waals surface area contributed by atoms with Crippen LogP contribution in [0.15, 0.2) is 48.0 Å². The third-order valence-electron chi connectivity index (χ3n) is 3.79. The molecule has 1 heterocycles.